The molecular weight excluding hydrogens is 197 g/mol. The molecule has 3 nitrogen and oxygen atoms in total. The van der Waals surface area contributed by atoms with Gasteiger partial charge in [0.2, 0.25) is 0 Å². The summed E-state index contributed by atoms with van der Waals surface area (Å²) in [6, 6.07) is 0. The van der Waals surface area contributed by atoms with Gasteiger partial charge in [-0.2, -0.15) is 13.2 Å². The Balaban J connectivity index is 2.30. The molecule has 14 heavy (non-hydrogen) atoms. The minimum Gasteiger partial charge on any atom is -0.348 e. The van der Waals surface area contributed by atoms with E-state index in [1.54, 1.807) is 0 Å². The molecule has 0 saturated heterocycles. The van der Waals surface area contributed by atoms with Gasteiger partial charge in [-0.05, 0) is 0 Å². The van der Waals surface area contributed by atoms with Crippen LogP contribution >= 0.6 is 0 Å². The number of alkyl halides is 3. The molecule has 0 unspecified atom stereocenters. The maximum Gasteiger partial charge on any atom is 0.389 e. The molecule has 0 spiro atoms. The van der Waals surface area contributed by atoms with Gasteiger partial charge in [-0.15, -0.1) is 0 Å². The molecule has 0 aliphatic heterocycles. The average Bonchev–Trinajstić information content (AvgIpc) is 2.52. The number of halogens is 3. The maximum atomic E-state index is 11.7. The molecular formula is C8H9F3N2O. The Morgan fingerprint density at radius 1 is 1.50 bits per heavy atom. The number of nitrogens with one attached hydrogen (secondary N) is 1. The number of Topliss-reactive ketones (excluding diaryl/α,β-unsaturated/α-hetero) is 1. The summed E-state index contributed by atoms with van der Waals surface area (Å²) in [6.45, 7) is 0. The monoisotopic (exact) mass is 206 g/mol. The summed E-state index contributed by atoms with van der Waals surface area (Å²) in [4.78, 5) is 17.4. The number of carbonyl (C=O) groups is 1. The number of aromatic amines is 1. The van der Waals surface area contributed by atoms with Crippen LogP contribution in [0, 0.1) is 0 Å². The Hall–Kier alpha value is -1.33. The van der Waals surface area contributed by atoms with E-state index in [1.807, 2.05) is 0 Å². The topological polar surface area (TPSA) is 45.8 Å². The zero-order valence-electron chi connectivity index (χ0n) is 7.27. The van der Waals surface area contributed by atoms with Gasteiger partial charge in [-0.25, -0.2) is 4.98 Å². The molecule has 1 aromatic heterocycles. The normalized spacial score (nSPS) is 11.6. The number of carbonyl (C=O) groups excluding carboxylic acids is 1. The maximum absolute atomic E-state index is 11.7. The van der Waals surface area contributed by atoms with Crippen molar-refractivity contribution in [3.63, 3.8) is 0 Å². The number of hydrogen-bond donors (Lipinski definition) is 1. The van der Waals surface area contributed by atoms with Gasteiger partial charge < -0.3 is 4.98 Å². The SMILES string of the molecule is O=C(CCC(F)(F)F)Cc1ncc[nH]1. The van der Waals surface area contributed by atoms with E-state index in [9.17, 15) is 18.0 Å². The lowest BCUT2D eigenvalue weighted by molar-refractivity contribution is -0.143. The van der Waals surface area contributed by atoms with Gasteiger partial charge in [-0.3, -0.25) is 4.79 Å². The van der Waals surface area contributed by atoms with Gasteiger partial charge in [0.15, 0.2) is 0 Å². The summed E-state index contributed by atoms with van der Waals surface area (Å²) in [6.07, 6.45) is -2.91. The minimum atomic E-state index is -4.27. The predicted molar refractivity (Wildman–Crippen MR) is 42.6 cm³/mol. The van der Waals surface area contributed by atoms with Crippen molar-refractivity contribution in [3.05, 3.63) is 18.2 Å². The number of imidazole rings is 1. The van der Waals surface area contributed by atoms with Crippen LogP contribution in [0.4, 0.5) is 13.2 Å². The highest BCUT2D eigenvalue weighted by Gasteiger charge is 2.27. The van der Waals surface area contributed by atoms with Crippen molar-refractivity contribution in [3.8, 4) is 0 Å². The first-order valence-corrected chi connectivity index (χ1v) is 4.04. The third kappa shape index (κ3) is 4.06. The van der Waals surface area contributed by atoms with Crippen molar-refractivity contribution in [2.24, 2.45) is 0 Å². The molecule has 0 bridgehead atoms. The summed E-state index contributed by atoms with van der Waals surface area (Å²) in [7, 11) is 0. The lowest BCUT2D eigenvalue weighted by Gasteiger charge is -2.03. The lowest BCUT2D eigenvalue weighted by atomic mass is 10.1. The van der Waals surface area contributed by atoms with E-state index in [0.29, 0.717) is 5.82 Å². The fraction of sp³-hybridized carbons (Fsp3) is 0.500. The fourth-order valence-electron chi connectivity index (χ4n) is 0.951. The Morgan fingerprint density at radius 3 is 2.71 bits per heavy atom. The molecule has 0 fully saturated rings. The van der Waals surface area contributed by atoms with Crippen LogP contribution < -0.4 is 0 Å². The summed E-state index contributed by atoms with van der Waals surface area (Å²) in [5.74, 6) is -0.0607. The molecule has 0 amide bonds. The Labute approximate surface area is 78.3 Å². The van der Waals surface area contributed by atoms with Gasteiger partial charge in [0.25, 0.3) is 0 Å². The van der Waals surface area contributed by atoms with Crippen LogP contribution in [0.25, 0.3) is 0 Å². The second-order valence-corrected chi connectivity index (χ2v) is 2.87. The highest BCUT2D eigenvalue weighted by molar-refractivity contribution is 5.80. The Kier molecular flexibility index (Phi) is 3.27. The minimum absolute atomic E-state index is 0.0664. The van der Waals surface area contributed by atoms with Gasteiger partial charge in [0.05, 0.1) is 12.8 Å². The van der Waals surface area contributed by atoms with Crippen molar-refractivity contribution in [1.29, 1.82) is 0 Å². The molecule has 78 valence electrons. The highest BCUT2D eigenvalue weighted by atomic mass is 19.4. The zero-order chi connectivity index (χ0) is 10.6. The number of hydrogen-bond acceptors (Lipinski definition) is 2. The van der Waals surface area contributed by atoms with Gasteiger partial charge >= 0.3 is 6.18 Å². The quantitative estimate of drug-likeness (QED) is 0.817. The van der Waals surface area contributed by atoms with Gasteiger partial charge in [0, 0.05) is 18.8 Å². The van der Waals surface area contributed by atoms with E-state index in [-0.39, 0.29) is 6.42 Å². The molecule has 1 rings (SSSR count). The van der Waals surface area contributed by atoms with Gasteiger partial charge in [0.1, 0.15) is 11.6 Å². The predicted octanol–water partition coefficient (Wildman–Crippen LogP) is 1.86. The van der Waals surface area contributed by atoms with E-state index < -0.39 is 24.8 Å². The smallest absolute Gasteiger partial charge is 0.348 e. The van der Waals surface area contributed by atoms with E-state index in [0.717, 1.165) is 0 Å². The van der Waals surface area contributed by atoms with Crippen LogP contribution in [0.3, 0.4) is 0 Å². The van der Waals surface area contributed by atoms with Crippen LogP contribution in [-0.2, 0) is 11.2 Å². The van der Waals surface area contributed by atoms with E-state index in [4.69, 9.17) is 0 Å². The lowest BCUT2D eigenvalue weighted by Crippen LogP contribution is -2.12. The Bertz CT molecular complexity index is 292. The summed E-state index contributed by atoms with van der Waals surface area (Å²) >= 11 is 0. The van der Waals surface area contributed by atoms with Crippen molar-refractivity contribution in [1.82, 2.24) is 9.97 Å². The van der Waals surface area contributed by atoms with Crippen molar-refractivity contribution in [2.75, 3.05) is 0 Å². The number of ketones is 1. The molecule has 1 aromatic rings. The standard InChI is InChI=1S/C8H9F3N2O/c9-8(10,11)2-1-6(14)5-7-12-3-4-13-7/h3-4H,1-2,5H2,(H,12,13). The van der Waals surface area contributed by atoms with Crippen LogP contribution in [0.15, 0.2) is 12.4 Å². The first-order chi connectivity index (χ1) is 6.47. The molecule has 1 heterocycles. The second kappa shape index (κ2) is 4.26. The largest absolute Gasteiger partial charge is 0.389 e. The third-order valence-corrected chi connectivity index (χ3v) is 1.61. The second-order valence-electron chi connectivity index (χ2n) is 2.87. The van der Waals surface area contributed by atoms with Crippen LogP contribution in [0.5, 0.6) is 0 Å². The first-order valence-electron chi connectivity index (χ1n) is 4.04. The summed E-state index contributed by atoms with van der Waals surface area (Å²) < 4.78 is 35.2. The first kappa shape index (κ1) is 10.7. The average molecular weight is 206 g/mol. The Morgan fingerprint density at radius 2 is 2.21 bits per heavy atom. The molecule has 0 atom stereocenters. The summed E-state index contributed by atoms with van der Waals surface area (Å²) in [5, 5.41) is 0. The molecule has 0 saturated carbocycles. The van der Waals surface area contributed by atoms with E-state index >= 15 is 0 Å². The van der Waals surface area contributed by atoms with Crippen molar-refractivity contribution >= 4 is 5.78 Å². The molecule has 0 aliphatic carbocycles. The fourth-order valence-corrected chi connectivity index (χ4v) is 0.951. The molecule has 0 radical (unpaired) electrons. The number of H-pyrrole nitrogens is 1. The third-order valence-electron chi connectivity index (χ3n) is 1.61. The van der Waals surface area contributed by atoms with Gasteiger partial charge in [-0.1, -0.05) is 0 Å². The highest BCUT2D eigenvalue weighted by Crippen LogP contribution is 2.21. The van der Waals surface area contributed by atoms with E-state index in [2.05, 4.69) is 9.97 Å². The van der Waals surface area contributed by atoms with Crippen molar-refractivity contribution < 1.29 is 18.0 Å². The van der Waals surface area contributed by atoms with Crippen LogP contribution in [-0.4, -0.2) is 21.9 Å². The van der Waals surface area contributed by atoms with Crippen LogP contribution in [0.1, 0.15) is 18.7 Å². The van der Waals surface area contributed by atoms with Crippen LogP contribution in [0.2, 0.25) is 0 Å². The summed E-state index contributed by atoms with van der Waals surface area (Å²) in [5.41, 5.74) is 0. The number of aromatic nitrogens is 2. The van der Waals surface area contributed by atoms with Crippen molar-refractivity contribution in [2.45, 2.75) is 25.4 Å². The number of rotatable bonds is 4. The molecule has 6 heteroatoms. The molecule has 1 N–H and O–H groups in total. The zero-order valence-corrected chi connectivity index (χ0v) is 7.27. The van der Waals surface area contributed by atoms with E-state index in [1.165, 1.54) is 12.4 Å². The number of nitrogens with zero attached hydrogens (tertiary/aromatic N) is 1. The molecule has 0 aliphatic rings. The molecule has 0 aromatic carbocycles.